The number of hydrogen-bond donors (Lipinski definition) is 0. The summed E-state index contributed by atoms with van der Waals surface area (Å²) in [5, 5.41) is 4.13. The average molecular weight is 255 g/mol. The summed E-state index contributed by atoms with van der Waals surface area (Å²) in [6, 6.07) is 0. The minimum absolute atomic E-state index is 0. The Labute approximate surface area is 120 Å². The molecular formula is C7H15KNRh-. The van der Waals surface area contributed by atoms with E-state index in [-0.39, 0.29) is 70.9 Å². The van der Waals surface area contributed by atoms with Gasteiger partial charge >= 0.3 is 51.4 Å². The van der Waals surface area contributed by atoms with Crippen LogP contribution >= 0.6 is 0 Å². The fraction of sp³-hybridized carbons (Fsp3) is 0.857. The summed E-state index contributed by atoms with van der Waals surface area (Å²) in [6.07, 6.45) is 1.24. The Balaban J connectivity index is -0.000000114. The molecule has 0 bridgehead atoms. The summed E-state index contributed by atoms with van der Waals surface area (Å²) in [5.41, 5.74) is 0. The maximum absolute atomic E-state index is 4.13. The minimum Gasteiger partial charge on any atom is -0.690 e. The molecule has 3 heteroatoms. The molecule has 1 fully saturated rings. The van der Waals surface area contributed by atoms with E-state index >= 15 is 0 Å². The smallest absolute Gasteiger partial charge is 0.690 e. The maximum atomic E-state index is 4.13. The summed E-state index contributed by atoms with van der Waals surface area (Å²) in [6.45, 7) is 8.27. The van der Waals surface area contributed by atoms with Crippen molar-refractivity contribution < 1.29 is 70.9 Å². The first-order valence-electron chi connectivity index (χ1n) is 3.34. The Morgan fingerprint density at radius 3 is 1.90 bits per heavy atom. The predicted molar refractivity (Wildman–Crippen MR) is 38.0 cm³/mol. The summed E-state index contributed by atoms with van der Waals surface area (Å²) in [5.74, 6) is 1.54. The zero-order valence-electron chi connectivity index (χ0n) is 7.40. The number of nitrogens with zero attached hydrogens (tertiary/aromatic N) is 1. The molecule has 0 amide bonds. The monoisotopic (exact) mass is 255 g/mol. The molecule has 0 spiro atoms. The first kappa shape index (κ1) is 18.1. The quantitative estimate of drug-likeness (QED) is 0.405. The van der Waals surface area contributed by atoms with Gasteiger partial charge in [-0.15, -0.1) is 0 Å². The molecule has 1 aliphatic heterocycles. The fourth-order valence-electron chi connectivity index (χ4n) is 0.619. The molecule has 1 nitrogen and oxygen atoms in total. The zero-order chi connectivity index (χ0) is 6.41. The van der Waals surface area contributed by atoms with Crippen LogP contribution in [0.1, 0.15) is 27.2 Å². The van der Waals surface area contributed by atoms with E-state index in [0.29, 0.717) is 0 Å². The van der Waals surface area contributed by atoms with Crippen LogP contribution in [-0.2, 0) is 19.5 Å². The van der Waals surface area contributed by atoms with Crippen molar-refractivity contribution in [2.24, 2.45) is 0 Å². The van der Waals surface area contributed by atoms with Gasteiger partial charge in [-0.25, -0.2) is 0 Å². The Hall–Kier alpha value is 2.22. The molecule has 0 atom stereocenters. The van der Waals surface area contributed by atoms with Crippen LogP contribution in [0.25, 0.3) is 5.32 Å². The molecule has 1 radical (unpaired) electrons. The molecule has 0 saturated carbocycles. The normalized spacial score (nSPS) is 15.9. The van der Waals surface area contributed by atoms with Gasteiger partial charge in [-0.1, -0.05) is 13.8 Å². The maximum Gasteiger partial charge on any atom is 1.00 e. The molecule has 1 aliphatic rings. The summed E-state index contributed by atoms with van der Waals surface area (Å²) < 4.78 is 0. The Morgan fingerprint density at radius 2 is 1.80 bits per heavy atom. The molecule has 59 valence electrons. The van der Waals surface area contributed by atoms with E-state index in [9.17, 15) is 0 Å². The summed E-state index contributed by atoms with van der Waals surface area (Å²) >= 11 is 0. The van der Waals surface area contributed by atoms with Crippen molar-refractivity contribution in [2.45, 2.75) is 27.2 Å². The molecule has 0 aromatic heterocycles. The van der Waals surface area contributed by atoms with Gasteiger partial charge in [0.05, 0.1) is 0 Å². The molecule has 0 aromatic carbocycles. The molecule has 0 unspecified atom stereocenters. The molecule has 1 heterocycles. The molecule has 1 rings (SSSR count). The first-order chi connectivity index (χ1) is 3.89. The van der Waals surface area contributed by atoms with Crippen LogP contribution in [0.5, 0.6) is 0 Å². The summed E-state index contributed by atoms with van der Waals surface area (Å²) in [7, 11) is 0. The topological polar surface area (TPSA) is 14.1 Å². The molecule has 10 heavy (non-hydrogen) atoms. The molecule has 0 N–H and O–H groups in total. The van der Waals surface area contributed by atoms with Crippen LogP contribution in [0.4, 0.5) is 0 Å². The molecule has 0 aromatic rings. The van der Waals surface area contributed by atoms with Gasteiger partial charge in [0.15, 0.2) is 0 Å². The standard InChI is InChI=1S/C5H9N.C2H6.K.Rh/c1-5-2-3-6-4-5;1-2;;/h2-4H2,1H3;1-2H3;;/q-2;;+1;. The number of rotatable bonds is 0. The Kier molecular flexibility index (Phi) is 24.9. The van der Waals surface area contributed by atoms with Crippen LogP contribution in [0.15, 0.2) is 0 Å². The van der Waals surface area contributed by atoms with Crippen molar-refractivity contribution in [2.75, 3.05) is 13.1 Å². The van der Waals surface area contributed by atoms with E-state index in [1.54, 1.807) is 0 Å². The predicted octanol–water partition coefficient (Wildman–Crippen LogP) is -0.614. The molecule has 0 aliphatic carbocycles. The first-order valence-corrected chi connectivity index (χ1v) is 3.34. The van der Waals surface area contributed by atoms with Gasteiger partial charge in [0.1, 0.15) is 0 Å². The Bertz CT molecular complexity index is 46.9. The summed E-state index contributed by atoms with van der Waals surface area (Å²) in [4.78, 5) is 0. The van der Waals surface area contributed by atoms with Gasteiger partial charge in [-0.2, -0.15) is 19.9 Å². The van der Waals surface area contributed by atoms with Crippen LogP contribution in [0, 0.1) is 5.92 Å². The van der Waals surface area contributed by atoms with E-state index in [1.807, 2.05) is 13.8 Å². The van der Waals surface area contributed by atoms with Crippen LogP contribution in [-0.4, -0.2) is 13.1 Å². The van der Waals surface area contributed by atoms with Crippen molar-refractivity contribution in [1.29, 1.82) is 0 Å². The second-order valence-corrected chi connectivity index (χ2v) is 1.81. The van der Waals surface area contributed by atoms with Gasteiger partial charge in [0, 0.05) is 19.5 Å². The van der Waals surface area contributed by atoms with Crippen LogP contribution < -0.4 is 51.4 Å². The third kappa shape index (κ3) is 10.2. The SMILES string of the molecule is CC.C[C-]1CC[N-]C1.[K+].[Rh]. The molecule has 1 saturated heterocycles. The van der Waals surface area contributed by atoms with Crippen molar-refractivity contribution in [1.82, 2.24) is 0 Å². The second kappa shape index (κ2) is 13.8. The third-order valence-corrected chi connectivity index (χ3v) is 1.08. The second-order valence-electron chi connectivity index (χ2n) is 1.81. The van der Waals surface area contributed by atoms with Crippen molar-refractivity contribution in [3.05, 3.63) is 11.2 Å². The minimum atomic E-state index is 0. The average Bonchev–Trinajstić information content (AvgIpc) is 2.24. The van der Waals surface area contributed by atoms with Crippen LogP contribution in [0.3, 0.4) is 0 Å². The largest absolute Gasteiger partial charge is 1.00 e. The van der Waals surface area contributed by atoms with E-state index in [1.165, 1.54) is 12.3 Å². The van der Waals surface area contributed by atoms with Crippen molar-refractivity contribution in [3.8, 4) is 0 Å². The van der Waals surface area contributed by atoms with Crippen molar-refractivity contribution >= 4 is 0 Å². The van der Waals surface area contributed by atoms with Gasteiger partial charge in [0.2, 0.25) is 0 Å². The number of hydrogen-bond acceptors (Lipinski definition) is 0. The van der Waals surface area contributed by atoms with E-state index in [0.717, 1.165) is 13.1 Å². The third-order valence-electron chi connectivity index (χ3n) is 1.08. The van der Waals surface area contributed by atoms with Gasteiger partial charge in [-0.05, 0) is 0 Å². The fourth-order valence-corrected chi connectivity index (χ4v) is 0.619. The van der Waals surface area contributed by atoms with Gasteiger partial charge in [0.25, 0.3) is 0 Å². The van der Waals surface area contributed by atoms with E-state index in [4.69, 9.17) is 0 Å². The van der Waals surface area contributed by atoms with E-state index in [2.05, 4.69) is 12.2 Å². The van der Waals surface area contributed by atoms with Crippen LogP contribution in [0.2, 0.25) is 0 Å². The zero-order valence-corrected chi connectivity index (χ0v) is 12.2. The van der Waals surface area contributed by atoms with Crippen molar-refractivity contribution in [3.63, 3.8) is 0 Å². The Morgan fingerprint density at radius 1 is 1.30 bits per heavy atom. The van der Waals surface area contributed by atoms with Gasteiger partial charge < -0.3 is 11.2 Å². The van der Waals surface area contributed by atoms with E-state index < -0.39 is 0 Å². The van der Waals surface area contributed by atoms with Gasteiger partial charge in [-0.3, -0.25) is 6.54 Å². The molecular weight excluding hydrogens is 240 g/mol.